The number of nitrogens with zero attached hydrogens (tertiary/aromatic N) is 2. The molecule has 2 rings (SSSR count). The molecule has 0 saturated carbocycles. The Balaban J connectivity index is 2.58. The van der Waals surface area contributed by atoms with E-state index in [1.54, 1.807) is 4.68 Å². The second kappa shape index (κ2) is 3.75. The maximum atomic E-state index is 6.00. The highest BCUT2D eigenvalue weighted by Gasteiger charge is 2.12. The van der Waals surface area contributed by atoms with Gasteiger partial charge in [0.2, 0.25) is 0 Å². The lowest BCUT2D eigenvalue weighted by molar-refractivity contribution is 0.771. The Morgan fingerprint density at radius 2 is 1.93 bits per heavy atom. The predicted molar refractivity (Wildman–Crippen MR) is 61.4 cm³/mol. The smallest absolute Gasteiger partial charge is 0.141 e. The summed E-state index contributed by atoms with van der Waals surface area (Å²) in [5.41, 5.74) is 1.93. The fraction of sp³-hybridized carbons (Fsp3) is 0.100. The molecule has 0 spiro atoms. The van der Waals surface area contributed by atoms with Gasteiger partial charge >= 0.3 is 0 Å². The fourth-order valence-electron chi connectivity index (χ4n) is 1.26. The molecule has 0 saturated heterocycles. The Labute approximate surface area is 95.6 Å². The summed E-state index contributed by atoms with van der Waals surface area (Å²) in [6.45, 7) is 0. The van der Waals surface area contributed by atoms with Crippen molar-refractivity contribution in [1.82, 2.24) is 9.78 Å². The molecule has 0 radical (unpaired) electrons. The summed E-state index contributed by atoms with van der Waals surface area (Å²) in [5.74, 6) is 0. The summed E-state index contributed by atoms with van der Waals surface area (Å²) >= 11 is 9.42. The summed E-state index contributed by atoms with van der Waals surface area (Å²) in [6, 6.07) is 9.93. The first-order valence-electron chi connectivity index (χ1n) is 4.13. The summed E-state index contributed by atoms with van der Waals surface area (Å²) < 4.78 is 2.49. The lowest BCUT2D eigenvalue weighted by atomic mass is 10.2. The number of rotatable bonds is 1. The topological polar surface area (TPSA) is 17.8 Å². The molecule has 2 aromatic rings. The Morgan fingerprint density at radius 1 is 1.29 bits per heavy atom. The Kier molecular flexibility index (Phi) is 2.61. The second-order valence-corrected chi connectivity index (χ2v) is 4.09. The number of hydrogen-bond acceptors (Lipinski definition) is 1. The van der Waals surface area contributed by atoms with Gasteiger partial charge in [0.25, 0.3) is 0 Å². The van der Waals surface area contributed by atoms with E-state index >= 15 is 0 Å². The van der Waals surface area contributed by atoms with Gasteiger partial charge in [-0.05, 0) is 15.9 Å². The van der Waals surface area contributed by atoms with Gasteiger partial charge in [0, 0.05) is 12.6 Å². The van der Waals surface area contributed by atoms with Gasteiger partial charge in [-0.1, -0.05) is 41.9 Å². The van der Waals surface area contributed by atoms with Crippen molar-refractivity contribution >= 4 is 27.5 Å². The zero-order chi connectivity index (χ0) is 10.1. The van der Waals surface area contributed by atoms with Gasteiger partial charge in [-0.3, -0.25) is 4.68 Å². The van der Waals surface area contributed by atoms with Crippen molar-refractivity contribution in [3.8, 4) is 11.3 Å². The lowest BCUT2D eigenvalue weighted by Gasteiger charge is -1.95. The molecule has 0 N–H and O–H groups in total. The van der Waals surface area contributed by atoms with Crippen LogP contribution in [0.5, 0.6) is 0 Å². The van der Waals surface area contributed by atoms with Gasteiger partial charge in [0.1, 0.15) is 10.8 Å². The average Bonchev–Trinajstić information content (AvgIpc) is 2.47. The predicted octanol–water partition coefficient (Wildman–Crippen LogP) is 3.50. The third-order valence-corrected chi connectivity index (χ3v) is 3.38. The van der Waals surface area contributed by atoms with Crippen molar-refractivity contribution in [1.29, 1.82) is 0 Å². The van der Waals surface area contributed by atoms with Crippen molar-refractivity contribution < 1.29 is 0 Å². The quantitative estimate of drug-likeness (QED) is 0.776. The van der Waals surface area contributed by atoms with Crippen molar-refractivity contribution in [3.05, 3.63) is 40.0 Å². The standard InChI is InChI=1S/C10H8BrClN2/c1-14-10(12)8(11)9(13-14)7-5-3-2-4-6-7/h2-6H,1H3. The molecule has 14 heavy (non-hydrogen) atoms. The molecule has 0 fully saturated rings. The third kappa shape index (κ3) is 1.57. The molecule has 0 aliphatic carbocycles. The van der Waals surface area contributed by atoms with E-state index in [0.717, 1.165) is 15.7 Å². The SMILES string of the molecule is Cn1nc(-c2ccccc2)c(Br)c1Cl. The van der Waals surface area contributed by atoms with E-state index in [2.05, 4.69) is 21.0 Å². The highest BCUT2D eigenvalue weighted by molar-refractivity contribution is 9.10. The molecule has 2 nitrogen and oxygen atoms in total. The second-order valence-electron chi connectivity index (χ2n) is 2.94. The summed E-state index contributed by atoms with van der Waals surface area (Å²) in [4.78, 5) is 0. The van der Waals surface area contributed by atoms with Crippen LogP contribution in [0.2, 0.25) is 5.15 Å². The number of hydrogen-bond donors (Lipinski definition) is 0. The van der Waals surface area contributed by atoms with Crippen LogP contribution in [-0.4, -0.2) is 9.78 Å². The zero-order valence-corrected chi connectivity index (χ0v) is 9.88. The van der Waals surface area contributed by atoms with Gasteiger partial charge < -0.3 is 0 Å². The molecular formula is C10H8BrClN2. The van der Waals surface area contributed by atoms with E-state index in [0.29, 0.717) is 5.15 Å². The first-order valence-corrected chi connectivity index (χ1v) is 5.30. The van der Waals surface area contributed by atoms with Crippen LogP contribution >= 0.6 is 27.5 Å². The van der Waals surface area contributed by atoms with Crippen LogP contribution in [0.25, 0.3) is 11.3 Å². The molecule has 0 bridgehead atoms. The van der Waals surface area contributed by atoms with Crippen LogP contribution in [0.15, 0.2) is 34.8 Å². The van der Waals surface area contributed by atoms with Gasteiger partial charge in [-0.15, -0.1) is 0 Å². The molecule has 0 aliphatic rings. The van der Waals surface area contributed by atoms with Crippen molar-refractivity contribution in [3.63, 3.8) is 0 Å². The Morgan fingerprint density at radius 3 is 2.43 bits per heavy atom. The highest BCUT2D eigenvalue weighted by Crippen LogP contribution is 2.32. The van der Waals surface area contributed by atoms with E-state index < -0.39 is 0 Å². The summed E-state index contributed by atoms with van der Waals surface area (Å²) in [6.07, 6.45) is 0. The summed E-state index contributed by atoms with van der Waals surface area (Å²) in [5, 5.41) is 4.93. The maximum Gasteiger partial charge on any atom is 0.141 e. The van der Waals surface area contributed by atoms with Crippen LogP contribution in [0.3, 0.4) is 0 Å². The molecule has 1 aromatic carbocycles. The average molecular weight is 272 g/mol. The molecule has 0 unspecified atom stereocenters. The van der Waals surface area contributed by atoms with Crippen LogP contribution in [0, 0.1) is 0 Å². The maximum absolute atomic E-state index is 6.00. The minimum atomic E-state index is 0.615. The van der Waals surface area contributed by atoms with E-state index in [1.165, 1.54) is 0 Å². The Bertz CT molecular complexity index is 451. The van der Waals surface area contributed by atoms with Crippen molar-refractivity contribution in [2.75, 3.05) is 0 Å². The van der Waals surface area contributed by atoms with E-state index in [9.17, 15) is 0 Å². The molecule has 4 heteroatoms. The molecule has 1 aromatic heterocycles. The van der Waals surface area contributed by atoms with E-state index in [4.69, 9.17) is 11.6 Å². The number of benzene rings is 1. The van der Waals surface area contributed by atoms with Gasteiger partial charge in [-0.25, -0.2) is 0 Å². The van der Waals surface area contributed by atoms with Crippen LogP contribution < -0.4 is 0 Å². The molecule has 0 amide bonds. The van der Waals surface area contributed by atoms with Crippen molar-refractivity contribution in [2.24, 2.45) is 7.05 Å². The van der Waals surface area contributed by atoms with Crippen LogP contribution in [0.1, 0.15) is 0 Å². The van der Waals surface area contributed by atoms with Crippen LogP contribution in [-0.2, 0) is 7.05 Å². The molecular weight excluding hydrogens is 263 g/mol. The minimum absolute atomic E-state index is 0.615. The zero-order valence-electron chi connectivity index (χ0n) is 7.54. The third-order valence-electron chi connectivity index (χ3n) is 1.97. The Hall–Kier alpha value is -0.800. The number of aryl methyl sites for hydroxylation is 1. The summed E-state index contributed by atoms with van der Waals surface area (Å²) in [7, 11) is 1.82. The number of aromatic nitrogens is 2. The van der Waals surface area contributed by atoms with Gasteiger partial charge in [-0.2, -0.15) is 5.10 Å². The first kappa shape index (κ1) is 9.74. The molecule has 72 valence electrons. The minimum Gasteiger partial charge on any atom is -0.255 e. The van der Waals surface area contributed by atoms with Gasteiger partial charge in [0.15, 0.2) is 0 Å². The number of halogens is 2. The van der Waals surface area contributed by atoms with E-state index in [1.807, 2.05) is 37.4 Å². The molecule has 0 atom stereocenters. The normalized spacial score (nSPS) is 10.5. The fourth-order valence-corrected chi connectivity index (χ4v) is 1.95. The molecule has 0 aliphatic heterocycles. The van der Waals surface area contributed by atoms with Crippen LogP contribution in [0.4, 0.5) is 0 Å². The first-order chi connectivity index (χ1) is 6.70. The van der Waals surface area contributed by atoms with E-state index in [-0.39, 0.29) is 0 Å². The highest BCUT2D eigenvalue weighted by atomic mass is 79.9. The largest absolute Gasteiger partial charge is 0.255 e. The van der Waals surface area contributed by atoms with Crippen molar-refractivity contribution in [2.45, 2.75) is 0 Å². The van der Waals surface area contributed by atoms with Gasteiger partial charge in [0.05, 0.1) is 4.47 Å². The lowest BCUT2D eigenvalue weighted by Crippen LogP contribution is -1.89. The molecule has 1 heterocycles. The monoisotopic (exact) mass is 270 g/mol.